The zero-order valence-electron chi connectivity index (χ0n) is 13.8. The minimum Gasteiger partial charge on any atom is -0.322 e. The molecule has 138 valence electrons. The van der Waals surface area contributed by atoms with Crippen LogP contribution >= 0.6 is 11.6 Å². The van der Waals surface area contributed by atoms with Crippen molar-refractivity contribution in [3.8, 4) is 0 Å². The van der Waals surface area contributed by atoms with Gasteiger partial charge < -0.3 is 5.32 Å². The number of hydrogen-bond acceptors (Lipinski definition) is 3. The number of hydrogen-bond donors (Lipinski definition) is 2. The predicted octanol–water partition coefficient (Wildman–Crippen LogP) is 4.53. The number of benzene rings is 3. The Bertz CT molecular complexity index is 1090. The molecule has 0 saturated heterocycles. The van der Waals surface area contributed by atoms with Crippen LogP contribution in [0.1, 0.15) is 10.4 Å². The van der Waals surface area contributed by atoms with Gasteiger partial charge in [0.05, 0.1) is 15.6 Å². The quantitative estimate of drug-likeness (QED) is 0.655. The van der Waals surface area contributed by atoms with E-state index in [0.29, 0.717) is 5.69 Å². The maximum Gasteiger partial charge on any atom is 0.261 e. The van der Waals surface area contributed by atoms with Gasteiger partial charge in [-0.05, 0) is 54.6 Å². The maximum atomic E-state index is 12.9. The molecule has 3 aromatic carbocycles. The second-order valence-corrected chi connectivity index (χ2v) is 7.66. The van der Waals surface area contributed by atoms with E-state index in [4.69, 9.17) is 11.6 Å². The molecule has 27 heavy (non-hydrogen) atoms. The van der Waals surface area contributed by atoms with Gasteiger partial charge in [0.25, 0.3) is 15.9 Å². The molecule has 0 saturated carbocycles. The Morgan fingerprint density at radius 2 is 1.63 bits per heavy atom. The van der Waals surface area contributed by atoms with Gasteiger partial charge in [0.2, 0.25) is 0 Å². The fourth-order valence-electron chi connectivity index (χ4n) is 2.29. The van der Waals surface area contributed by atoms with Crippen LogP contribution in [0.15, 0.2) is 77.7 Å². The number of anilines is 2. The van der Waals surface area contributed by atoms with Gasteiger partial charge in [0.15, 0.2) is 0 Å². The standard InChI is InChI=1S/C19H14ClFN2O3S/c20-17-6-1-2-7-18(17)23-27(25,26)16-5-3-4-13(12-16)19(24)22-15-10-8-14(21)9-11-15/h1-12,23H,(H,22,24). The van der Waals surface area contributed by atoms with Gasteiger partial charge in [-0.15, -0.1) is 0 Å². The smallest absolute Gasteiger partial charge is 0.261 e. The Kier molecular flexibility index (Phi) is 5.43. The molecule has 1 amide bonds. The van der Waals surface area contributed by atoms with Crippen molar-refractivity contribution in [2.45, 2.75) is 4.90 Å². The average molecular weight is 405 g/mol. The highest BCUT2D eigenvalue weighted by Crippen LogP contribution is 2.24. The van der Waals surface area contributed by atoms with Gasteiger partial charge in [-0.1, -0.05) is 29.8 Å². The van der Waals surface area contributed by atoms with E-state index in [1.807, 2.05) is 0 Å². The number of sulfonamides is 1. The minimum atomic E-state index is -3.93. The van der Waals surface area contributed by atoms with Crippen LogP contribution in [0.25, 0.3) is 0 Å². The molecule has 3 aromatic rings. The first-order valence-corrected chi connectivity index (χ1v) is 9.65. The van der Waals surface area contributed by atoms with Crippen molar-refractivity contribution in [3.05, 3.63) is 89.2 Å². The summed E-state index contributed by atoms with van der Waals surface area (Å²) < 4.78 is 40.5. The molecule has 0 aliphatic rings. The van der Waals surface area contributed by atoms with Crippen LogP contribution in [-0.2, 0) is 10.0 Å². The van der Waals surface area contributed by atoms with Crippen LogP contribution in [0, 0.1) is 5.82 Å². The van der Waals surface area contributed by atoms with Crippen LogP contribution in [0.2, 0.25) is 5.02 Å². The van der Waals surface area contributed by atoms with Crippen molar-refractivity contribution in [2.75, 3.05) is 10.0 Å². The van der Waals surface area contributed by atoms with E-state index in [1.54, 1.807) is 18.2 Å². The summed E-state index contributed by atoms with van der Waals surface area (Å²) in [6, 6.07) is 17.2. The summed E-state index contributed by atoms with van der Waals surface area (Å²) in [6.07, 6.45) is 0. The SMILES string of the molecule is O=C(Nc1ccc(F)cc1)c1cccc(S(=O)(=O)Nc2ccccc2Cl)c1. The molecule has 3 rings (SSSR count). The summed E-state index contributed by atoms with van der Waals surface area (Å²) in [5, 5.41) is 2.84. The molecule has 0 aromatic heterocycles. The number of nitrogens with one attached hydrogen (secondary N) is 2. The lowest BCUT2D eigenvalue weighted by atomic mass is 10.2. The number of para-hydroxylation sites is 1. The van der Waals surface area contributed by atoms with Crippen molar-refractivity contribution >= 4 is 38.9 Å². The normalized spacial score (nSPS) is 11.0. The Hall–Kier alpha value is -2.90. The lowest BCUT2D eigenvalue weighted by Crippen LogP contribution is -2.16. The van der Waals surface area contributed by atoms with Gasteiger partial charge in [-0.3, -0.25) is 9.52 Å². The molecule has 0 unspecified atom stereocenters. The van der Waals surface area contributed by atoms with Gasteiger partial charge >= 0.3 is 0 Å². The lowest BCUT2D eigenvalue weighted by molar-refractivity contribution is 0.102. The predicted molar refractivity (Wildman–Crippen MR) is 103 cm³/mol. The molecule has 8 heteroatoms. The summed E-state index contributed by atoms with van der Waals surface area (Å²) in [6.45, 7) is 0. The Labute approximate surface area is 160 Å². The average Bonchev–Trinajstić information content (AvgIpc) is 2.65. The van der Waals surface area contributed by atoms with E-state index in [-0.39, 0.29) is 21.2 Å². The van der Waals surface area contributed by atoms with Gasteiger partial charge in [-0.2, -0.15) is 0 Å². The van der Waals surface area contributed by atoms with Crippen LogP contribution in [-0.4, -0.2) is 14.3 Å². The largest absolute Gasteiger partial charge is 0.322 e. The molecule has 0 heterocycles. The van der Waals surface area contributed by atoms with E-state index in [1.165, 1.54) is 54.6 Å². The first-order valence-electron chi connectivity index (χ1n) is 7.79. The number of halogens is 2. The number of rotatable bonds is 5. The summed E-state index contributed by atoms with van der Waals surface area (Å²) in [4.78, 5) is 12.3. The fraction of sp³-hybridized carbons (Fsp3) is 0. The molecule has 0 atom stereocenters. The van der Waals surface area contributed by atoms with E-state index in [2.05, 4.69) is 10.0 Å². The Balaban J connectivity index is 1.83. The van der Waals surface area contributed by atoms with Crippen LogP contribution in [0.4, 0.5) is 15.8 Å². The van der Waals surface area contributed by atoms with Gasteiger partial charge in [0, 0.05) is 11.3 Å². The topological polar surface area (TPSA) is 75.3 Å². The van der Waals surface area contributed by atoms with E-state index in [9.17, 15) is 17.6 Å². The molecule has 2 N–H and O–H groups in total. The van der Waals surface area contributed by atoms with Crippen molar-refractivity contribution < 1.29 is 17.6 Å². The first kappa shape index (κ1) is 18.9. The third-order valence-corrected chi connectivity index (χ3v) is 5.32. The molecule has 0 aliphatic carbocycles. The number of carbonyl (C=O) groups excluding carboxylic acids is 1. The summed E-state index contributed by atoms with van der Waals surface area (Å²) >= 11 is 5.98. The highest BCUT2D eigenvalue weighted by atomic mass is 35.5. The van der Waals surface area contributed by atoms with Crippen molar-refractivity contribution in [3.63, 3.8) is 0 Å². The fourth-order valence-corrected chi connectivity index (χ4v) is 3.65. The van der Waals surface area contributed by atoms with E-state index < -0.39 is 21.7 Å². The minimum absolute atomic E-state index is 0.0887. The second kappa shape index (κ2) is 7.77. The molecule has 0 bridgehead atoms. The Morgan fingerprint density at radius 1 is 0.926 bits per heavy atom. The molecule has 5 nitrogen and oxygen atoms in total. The molecular formula is C19H14ClFN2O3S. The zero-order chi connectivity index (χ0) is 19.4. The van der Waals surface area contributed by atoms with E-state index in [0.717, 1.165) is 0 Å². The summed E-state index contributed by atoms with van der Waals surface area (Å²) in [5.74, 6) is -0.942. The summed E-state index contributed by atoms with van der Waals surface area (Å²) in [5.41, 5.74) is 0.769. The third kappa shape index (κ3) is 4.64. The van der Waals surface area contributed by atoms with Crippen LogP contribution < -0.4 is 10.0 Å². The highest BCUT2D eigenvalue weighted by Gasteiger charge is 2.17. The van der Waals surface area contributed by atoms with Crippen molar-refractivity contribution in [1.82, 2.24) is 0 Å². The number of amides is 1. The van der Waals surface area contributed by atoms with Gasteiger partial charge in [-0.25, -0.2) is 12.8 Å². The summed E-state index contributed by atoms with van der Waals surface area (Å²) in [7, 11) is -3.93. The molecular weight excluding hydrogens is 391 g/mol. The molecule has 0 fully saturated rings. The van der Waals surface area contributed by atoms with Gasteiger partial charge in [0.1, 0.15) is 5.82 Å². The highest BCUT2D eigenvalue weighted by molar-refractivity contribution is 7.92. The lowest BCUT2D eigenvalue weighted by Gasteiger charge is -2.11. The number of carbonyl (C=O) groups is 1. The maximum absolute atomic E-state index is 12.9. The monoisotopic (exact) mass is 404 g/mol. The van der Waals surface area contributed by atoms with E-state index >= 15 is 0 Å². The molecule has 0 spiro atoms. The zero-order valence-corrected chi connectivity index (χ0v) is 15.4. The molecule has 0 aliphatic heterocycles. The first-order chi connectivity index (χ1) is 12.8. The van der Waals surface area contributed by atoms with Crippen LogP contribution in [0.5, 0.6) is 0 Å². The molecule has 0 radical (unpaired) electrons. The third-order valence-electron chi connectivity index (χ3n) is 3.63. The Morgan fingerprint density at radius 3 is 2.33 bits per heavy atom. The van der Waals surface area contributed by atoms with Crippen molar-refractivity contribution in [2.24, 2.45) is 0 Å². The van der Waals surface area contributed by atoms with Crippen LogP contribution in [0.3, 0.4) is 0 Å². The second-order valence-electron chi connectivity index (χ2n) is 5.57. The van der Waals surface area contributed by atoms with Crippen molar-refractivity contribution in [1.29, 1.82) is 0 Å².